The van der Waals surface area contributed by atoms with Gasteiger partial charge in [0.15, 0.2) is 0 Å². The van der Waals surface area contributed by atoms with Crippen LogP contribution in [0.2, 0.25) is 0 Å². The number of piperidine rings is 1. The van der Waals surface area contributed by atoms with Crippen molar-refractivity contribution in [2.45, 2.75) is 39.5 Å². The first-order chi connectivity index (χ1) is 9.86. The molecule has 1 fully saturated rings. The molecule has 0 spiro atoms. The van der Waals surface area contributed by atoms with Crippen molar-refractivity contribution in [1.82, 2.24) is 10.2 Å². The number of nitrogens with zero attached hydrogens (tertiary/aromatic N) is 1. The molecule has 1 unspecified atom stereocenters. The smallest absolute Gasteiger partial charge is 0.0593 e. The zero-order chi connectivity index (χ0) is 15.1. The zero-order valence-corrected chi connectivity index (χ0v) is 14.1. The van der Waals surface area contributed by atoms with Gasteiger partial charge in [0.2, 0.25) is 0 Å². The van der Waals surface area contributed by atoms with E-state index < -0.39 is 0 Å². The summed E-state index contributed by atoms with van der Waals surface area (Å²) in [6.07, 6.45) is 4.91. The Bertz CT molecular complexity index is 189. The van der Waals surface area contributed by atoms with Gasteiger partial charge in [0, 0.05) is 33.4 Å². The number of hydrogen-bond acceptors (Lipinski definition) is 4. The SMILES string of the molecule is CC.CNCC1CCCN(CCOCCCCOC)C1. The van der Waals surface area contributed by atoms with E-state index in [1.807, 2.05) is 20.9 Å². The van der Waals surface area contributed by atoms with Gasteiger partial charge >= 0.3 is 0 Å². The topological polar surface area (TPSA) is 33.7 Å². The second kappa shape index (κ2) is 15.2. The van der Waals surface area contributed by atoms with E-state index in [4.69, 9.17) is 9.47 Å². The number of rotatable bonds is 10. The minimum atomic E-state index is 0.824. The fourth-order valence-corrected chi connectivity index (χ4v) is 2.56. The number of methoxy groups -OCH3 is 1. The summed E-state index contributed by atoms with van der Waals surface area (Å²) in [5, 5.41) is 3.28. The molecule has 0 bridgehead atoms. The number of unbranched alkanes of at least 4 members (excludes halogenated alkanes) is 1. The monoisotopic (exact) mass is 288 g/mol. The van der Waals surface area contributed by atoms with Crippen LogP contribution in [0.25, 0.3) is 0 Å². The van der Waals surface area contributed by atoms with Gasteiger partial charge in [0.1, 0.15) is 0 Å². The molecule has 4 heteroatoms. The van der Waals surface area contributed by atoms with Crippen LogP contribution in [0, 0.1) is 5.92 Å². The van der Waals surface area contributed by atoms with Crippen LogP contribution in [-0.4, -0.2) is 65.1 Å². The van der Waals surface area contributed by atoms with Gasteiger partial charge in [-0.05, 0) is 51.7 Å². The first-order valence-electron chi connectivity index (χ1n) is 8.30. The molecular weight excluding hydrogens is 252 g/mol. The van der Waals surface area contributed by atoms with Crippen LogP contribution in [0.3, 0.4) is 0 Å². The van der Waals surface area contributed by atoms with Crippen molar-refractivity contribution in [3.8, 4) is 0 Å². The van der Waals surface area contributed by atoms with Gasteiger partial charge in [-0.15, -0.1) is 0 Å². The molecule has 0 amide bonds. The van der Waals surface area contributed by atoms with Crippen molar-refractivity contribution in [1.29, 1.82) is 0 Å². The van der Waals surface area contributed by atoms with E-state index in [2.05, 4.69) is 10.2 Å². The molecule has 1 heterocycles. The molecule has 0 aliphatic carbocycles. The van der Waals surface area contributed by atoms with E-state index in [9.17, 15) is 0 Å². The second-order valence-electron chi connectivity index (χ2n) is 5.18. The second-order valence-corrected chi connectivity index (χ2v) is 5.18. The minimum absolute atomic E-state index is 0.824. The third-order valence-electron chi connectivity index (χ3n) is 3.53. The Balaban J connectivity index is 0.00000172. The summed E-state index contributed by atoms with van der Waals surface area (Å²) >= 11 is 0. The van der Waals surface area contributed by atoms with E-state index in [1.165, 1.54) is 25.9 Å². The maximum absolute atomic E-state index is 5.67. The Morgan fingerprint density at radius 2 is 1.90 bits per heavy atom. The average molecular weight is 288 g/mol. The summed E-state index contributed by atoms with van der Waals surface area (Å²) in [6, 6.07) is 0. The summed E-state index contributed by atoms with van der Waals surface area (Å²) in [4.78, 5) is 2.54. The largest absolute Gasteiger partial charge is 0.385 e. The highest BCUT2D eigenvalue weighted by molar-refractivity contribution is 4.73. The summed E-state index contributed by atoms with van der Waals surface area (Å²) in [5.74, 6) is 0.824. The Morgan fingerprint density at radius 3 is 2.60 bits per heavy atom. The van der Waals surface area contributed by atoms with E-state index in [0.29, 0.717) is 0 Å². The van der Waals surface area contributed by atoms with Crippen LogP contribution in [0.4, 0.5) is 0 Å². The van der Waals surface area contributed by atoms with Crippen LogP contribution in [0.5, 0.6) is 0 Å². The highest BCUT2D eigenvalue weighted by Gasteiger charge is 2.18. The van der Waals surface area contributed by atoms with Crippen molar-refractivity contribution < 1.29 is 9.47 Å². The van der Waals surface area contributed by atoms with Crippen LogP contribution in [0.1, 0.15) is 39.5 Å². The fourth-order valence-electron chi connectivity index (χ4n) is 2.56. The van der Waals surface area contributed by atoms with Gasteiger partial charge in [0.05, 0.1) is 6.61 Å². The van der Waals surface area contributed by atoms with Gasteiger partial charge in [-0.25, -0.2) is 0 Å². The molecule has 1 aliphatic heterocycles. The Morgan fingerprint density at radius 1 is 1.15 bits per heavy atom. The average Bonchev–Trinajstić information content (AvgIpc) is 2.49. The molecule has 0 aromatic rings. The number of likely N-dealkylation sites (tertiary alicyclic amines) is 1. The molecular formula is C16H36N2O2. The number of nitrogens with one attached hydrogen (secondary N) is 1. The quantitative estimate of drug-likeness (QED) is 0.626. The summed E-state index contributed by atoms with van der Waals surface area (Å²) in [7, 11) is 3.79. The molecule has 0 radical (unpaired) electrons. The summed E-state index contributed by atoms with van der Waals surface area (Å²) in [5.41, 5.74) is 0. The lowest BCUT2D eigenvalue weighted by atomic mass is 9.98. The lowest BCUT2D eigenvalue weighted by molar-refractivity contribution is 0.0793. The minimum Gasteiger partial charge on any atom is -0.385 e. The molecule has 20 heavy (non-hydrogen) atoms. The van der Waals surface area contributed by atoms with Crippen molar-refractivity contribution >= 4 is 0 Å². The lowest BCUT2D eigenvalue weighted by Crippen LogP contribution is -2.40. The van der Waals surface area contributed by atoms with Gasteiger partial charge in [-0.3, -0.25) is 0 Å². The summed E-state index contributed by atoms with van der Waals surface area (Å²) < 4.78 is 10.7. The summed E-state index contributed by atoms with van der Waals surface area (Å²) in [6.45, 7) is 11.3. The molecule has 122 valence electrons. The van der Waals surface area contributed by atoms with Gasteiger partial charge in [-0.2, -0.15) is 0 Å². The van der Waals surface area contributed by atoms with Crippen LogP contribution in [-0.2, 0) is 9.47 Å². The predicted octanol–water partition coefficient (Wildman–Crippen LogP) is 2.39. The zero-order valence-electron chi connectivity index (χ0n) is 14.1. The molecule has 4 nitrogen and oxygen atoms in total. The molecule has 1 saturated heterocycles. The third kappa shape index (κ3) is 10.6. The molecule has 0 aromatic carbocycles. The van der Waals surface area contributed by atoms with Crippen molar-refractivity contribution in [3.05, 3.63) is 0 Å². The standard InChI is InChI=1S/C14H30N2O2.C2H6/c1-15-12-14-6-5-7-16(13-14)8-11-18-10-4-3-9-17-2;1-2/h14-15H,3-13H2,1-2H3;1-2H3. The van der Waals surface area contributed by atoms with Gasteiger partial charge in [-0.1, -0.05) is 13.8 Å². The first kappa shape index (κ1) is 19.8. The number of hydrogen-bond donors (Lipinski definition) is 1. The molecule has 1 atom stereocenters. The van der Waals surface area contributed by atoms with Crippen molar-refractivity contribution in [3.63, 3.8) is 0 Å². The van der Waals surface area contributed by atoms with Gasteiger partial charge in [0.25, 0.3) is 0 Å². The van der Waals surface area contributed by atoms with Gasteiger partial charge < -0.3 is 19.7 Å². The third-order valence-corrected chi connectivity index (χ3v) is 3.53. The Hall–Kier alpha value is -0.160. The maximum atomic E-state index is 5.67. The predicted molar refractivity (Wildman–Crippen MR) is 86.4 cm³/mol. The fraction of sp³-hybridized carbons (Fsp3) is 1.00. The highest BCUT2D eigenvalue weighted by Crippen LogP contribution is 2.15. The van der Waals surface area contributed by atoms with Crippen LogP contribution >= 0.6 is 0 Å². The van der Waals surface area contributed by atoms with E-state index in [-0.39, 0.29) is 0 Å². The van der Waals surface area contributed by atoms with Crippen molar-refractivity contribution in [2.24, 2.45) is 5.92 Å². The molecule has 0 aromatic heterocycles. The molecule has 1 aliphatic rings. The Kier molecular flexibility index (Phi) is 15.1. The van der Waals surface area contributed by atoms with E-state index in [0.717, 1.165) is 51.7 Å². The normalized spacial score (nSPS) is 19.5. The maximum Gasteiger partial charge on any atom is 0.0593 e. The number of ether oxygens (including phenoxy) is 2. The molecule has 1 rings (SSSR count). The molecule has 1 N–H and O–H groups in total. The Labute approximate surface area is 126 Å². The molecule has 0 saturated carbocycles. The van der Waals surface area contributed by atoms with Crippen LogP contribution < -0.4 is 5.32 Å². The van der Waals surface area contributed by atoms with E-state index >= 15 is 0 Å². The van der Waals surface area contributed by atoms with E-state index in [1.54, 1.807) is 7.11 Å². The van der Waals surface area contributed by atoms with Crippen molar-refractivity contribution in [2.75, 3.05) is 60.2 Å². The lowest BCUT2D eigenvalue weighted by Gasteiger charge is -2.32. The van der Waals surface area contributed by atoms with Crippen LogP contribution in [0.15, 0.2) is 0 Å². The first-order valence-corrected chi connectivity index (χ1v) is 8.30. The highest BCUT2D eigenvalue weighted by atomic mass is 16.5.